The van der Waals surface area contributed by atoms with E-state index in [0.29, 0.717) is 57.8 Å². The fourth-order valence-electron chi connectivity index (χ4n) is 12.5. The lowest BCUT2D eigenvalue weighted by Crippen LogP contribution is -2.39. The summed E-state index contributed by atoms with van der Waals surface area (Å²) < 4.78 is 38.3. The maximum absolute atomic E-state index is 6.11. The molecule has 0 saturated carbocycles. The molecule has 6 N–H and O–H groups in total. The molecule has 0 unspecified atom stereocenters. The number of ether oxygens (including phenoxy) is 6. The molecule has 21 heteroatoms. The summed E-state index contributed by atoms with van der Waals surface area (Å²) in [5.41, 5.74) is 30.5. The van der Waals surface area contributed by atoms with Crippen LogP contribution in [0.5, 0.6) is 17.2 Å². The molecule has 0 amide bonds. The van der Waals surface area contributed by atoms with E-state index in [0.717, 1.165) is 178 Å². The van der Waals surface area contributed by atoms with Crippen LogP contribution in [0.15, 0.2) is 165 Å². The molecule has 3 aliphatic rings. The van der Waals surface area contributed by atoms with Crippen LogP contribution in [0.1, 0.15) is 38.5 Å². The Balaban J connectivity index is 0.000000127. The Kier molecular flexibility index (Phi) is 19.4. The van der Waals surface area contributed by atoms with Crippen LogP contribution in [-0.2, 0) is 14.2 Å². The normalized spacial score (nSPS) is 15.1. The fourth-order valence-corrected chi connectivity index (χ4v) is 12.5. The quantitative estimate of drug-likeness (QED) is 0.0677. The summed E-state index contributed by atoms with van der Waals surface area (Å²) in [6.07, 6.45) is 11.5. The zero-order valence-electron chi connectivity index (χ0n) is 53.1. The zero-order valence-corrected chi connectivity index (χ0v) is 53.1. The van der Waals surface area contributed by atoms with Gasteiger partial charge in [0.2, 0.25) is 0 Å². The second kappa shape index (κ2) is 29.0. The minimum atomic E-state index is 0.301. The molecule has 3 fully saturated rings. The predicted molar refractivity (Wildman–Crippen MR) is 369 cm³/mol. The van der Waals surface area contributed by atoms with Crippen LogP contribution in [0, 0.1) is 0 Å². The number of rotatable bonds is 18. The average molecular weight is 1250 g/mol. The second-order valence-corrected chi connectivity index (χ2v) is 23.8. The van der Waals surface area contributed by atoms with Gasteiger partial charge < -0.3 is 60.3 Å². The number of pyridine rings is 3. The van der Waals surface area contributed by atoms with Crippen LogP contribution in [0.25, 0.3) is 83.3 Å². The molecule has 0 radical (unpaired) electrons. The van der Waals surface area contributed by atoms with Gasteiger partial charge in [-0.05, 0) is 130 Å². The van der Waals surface area contributed by atoms with Gasteiger partial charge in [0, 0.05) is 113 Å². The number of imidazole rings is 3. The van der Waals surface area contributed by atoms with Gasteiger partial charge in [-0.3, -0.25) is 13.7 Å². The summed E-state index contributed by atoms with van der Waals surface area (Å²) in [5, 5.41) is 3.40. The minimum absolute atomic E-state index is 0.301. The first-order chi connectivity index (χ1) is 45.7. The number of para-hydroxylation sites is 3. The molecule has 9 heterocycles. The van der Waals surface area contributed by atoms with Gasteiger partial charge in [-0.2, -0.15) is 0 Å². The van der Waals surface area contributed by atoms with Gasteiger partial charge in [-0.25, -0.2) is 29.9 Å². The predicted octanol–water partition coefficient (Wildman–Crippen LogP) is 10.6. The zero-order chi connectivity index (χ0) is 63.6. The van der Waals surface area contributed by atoms with E-state index >= 15 is 0 Å². The van der Waals surface area contributed by atoms with Crippen molar-refractivity contribution in [1.82, 2.24) is 43.6 Å². The standard InChI is InChI=1S/3C24H27N5O2/c3*1-30-13-14-31-19-6-7-21-20(15-19)26-16-29(21)23-8-5-17-3-2-4-22(24(17)27-23)28-11-9-18(25)10-12-28/h3*2-8,15-16,18H,9-14,25H2,1H3. The Labute approximate surface area is 540 Å². The van der Waals surface area contributed by atoms with Gasteiger partial charge in [0.05, 0.1) is 86.5 Å². The molecule has 3 aliphatic heterocycles. The fraction of sp³-hybridized carbons (Fsp3) is 0.333. The molecule has 93 heavy (non-hydrogen) atoms. The average Bonchev–Trinajstić information content (AvgIpc) is 1.85. The van der Waals surface area contributed by atoms with E-state index in [1.165, 1.54) is 17.1 Å². The monoisotopic (exact) mass is 1250 g/mol. The highest BCUT2D eigenvalue weighted by Crippen LogP contribution is 2.34. The molecule has 0 aliphatic carbocycles. The number of aromatic nitrogens is 9. The third kappa shape index (κ3) is 14.1. The third-order valence-electron chi connectivity index (χ3n) is 17.7. The lowest BCUT2D eigenvalue weighted by molar-refractivity contribution is 0.146. The first kappa shape index (κ1) is 62.3. The largest absolute Gasteiger partial charge is 0.491 e. The number of hydrogen-bond donors (Lipinski definition) is 3. The first-order valence-corrected chi connectivity index (χ1v) is 32.2. The number of hydrogen-bond acceptors (Lipinski definition) is 18. The minimum Gasteiger partial charge on any atom is -0.491 e. The van der Waals surface area contributed by atoms with Crippen LogP contribution in [-0.4, -0.2) is 162 Å². The van der Waals surface area contributed by atoms with Gasteiger partial charge in [-0.1, -0.05) is 36.4 Å². The summed E-state index contributed by atoms with van der Waals surface area (Å²) in [4.78, 5) is 36.1. The van der Waals surface area contributed by atoms with Crippen molar-refractivity contribution in [2.75, 3.05) is 115 Å². The lowest BCUT2D eigenvalue weighted by Gasteiger charge is -2.32. The third-order valence-corrected chi connectivity index (χ3v) is 17.7. The van der Waals surface area contributed by atoms with Gasteiger partial charge in [0.15, 0.2) is 0 Å². The summed E-state index contributed by atoms with van der Waals surface area (Å²) in [5.74, 6) is 4.91. The summed E-state index contributed by atoms with van der Waals surface area (Å²) in [6.45, 7) is 8.99. The molecule has 0 atom stereocenters. The van der Waals surface area contributed by atoms with Crippen molar-refractivity contribution in [1.29, 1.82) is 0 Å². The SMILES string of the molecule is COCCOc1ccc2c(c1)ncn2-c1ccc2cccc(N3CCC(N)CC3)c2n1.COCCOc1ccc2c(c1)ncn2-c1ccc2cccc(N3CCC(N)CC3)c2n1.COCCOc1ccc2c(c1)ncn2-c1ccc2cccc(N3CCC(N)CC3)c2n1. The number of nitrogens with zero attached hydrogens (tertiary/aromatic N) is 12. The first-order valence-electron chi connectivity index (χ1n) is 32.2. The Morgan fingerprint density at radius 2 is 0.645 bits per heavy atom. The van der Waals surface area contributed by atoms with Crippen molar-refractivity contribution in [3.05, 3.63) is 165 Å². The Bertz CT molecular complexity index is 4040. The van der Waals surface area contributed by atoms with Crippen LogP contribution in [0.3, 0.4) is 0 Å². The van der Waals surface area contributed by atoms with Crippen molar-refractivity contribution >= 4 is 82.9 Å². The van der Waals surface area contributed by atoms with Crippen molar-refractivity contribution in [2.45, 2.75) is 56.7 Å². The van der Waals surface area contributed by atoms with Gasteiger partial charge >= 0.3 is 0 Å². The molecule has 6 aromatic heterocycles. The van der Waals surface area contributed by atoms with Crippen LogP contribution < -0.4 is 46.1 Å². The Morgan fingerprint density at radius 1 is 0.355 bits per heavy atom. The smallest absolute Gasteiger partial charge is 0.139 e. The molecule has 3 saturated heterocycles. The molecule has 15 rings (SSSR count). The van der Waals surface area contributed by atoms with E-state index in [-0.39, 0.29) is 0 Å². The van der Waals surface area contributed by atoms with Crippen molar-refractivity contribution < 1.29 is 28.4 Å². The van der Waals surface area contributed by atoms with Crippen LogP contribution in [0.2, 0.25) is 0 Å². The molecule has 6 aromatic carbocycles. The molecule has 12 aromatic rings. The number of methoxy groups -OCH3 is 3. The highest BCUT2D eigenvalue weighted by Gasteiger charge is 2.23. The van der Waals surface area contributed by atoms with Crippen molar-refractivity contribution in [3.63, 3.8) is 0 Å². The van der Waals surface area contributed by atoms with Crippen LogP contribution in [0.4, 0.5) is 17.1 Å². The molecule has 0 bridgehead atoms. The molecule has 0 spiro atoms. The molecule has 21 nitrogen and oxygen atoms in total. The van der Waals surface area contributed by atoms with Gasteiger partial charge in [0.1, 0.15) is 73.5 Å². The van der Waals surface area contributed by atoms with Gasteiger partial charge in [-0.15, -0.1) is 0 Å². The summed E-state index contributed by atoms with van der Waals surface area (Å²) >= 11 is 0. The van der Waals surface area contributed by atoms with E-state index < -0.39 is 0 Å². The van der Waals surface area contributed by atoms with Gasteiger partial charge in [0.25, 0.3) is 0 Å². The number of fused-ring (bicyclic) bond motifs is 6. The number of nitrogens with two attached hydrogens (primary N) is 3. The van der Waals surface area contributed by atoms with E-state index in [9.17, 15) is 0 Å². The van der Waals surface area contributed by atoms with E-state index in [2.05, 4.69) is 102 Å². The van der Waals surface area contributed by atoms with E-state index in [1.54, 1.807) is 21.3 Å². The number of anilines is 3. The van der Waals surface area contributed by atoms with Crippen LogP contribution >= 0.6 is 0 Å². The molecule has 480 valence electrons. The van der Waals surface area contributed by atoms with E-state index in [1.807, 2.05) is 105 Å². The second-order valence-electron chi connectivity index (χ2n) is 23.8. The molecular formula is C72H81N15O6. The highest BCUT2D eigenvalue weighted by molar-refractivity contribution is 5.94. The lowest BCUT2D eigenvalue weighted by atomic mass is 10.0. The van der Waals surface area contributed by atoms with E-state index in [4.69, 9.17) is 60.6 Å². The maximum atomic E-state index is 6.11. The summed E-state index contributed by atoms with van der Waals surface area (Å²) in [6, 6.07) is 50.3. The number of piperidine rings is 3. The topological polar surface area (TPSA) is 235 Å². The van der Waals surface area contributed by atoms with Crippen molar-refractivity contribution in [3.8, 4) is 34.7 Å². The molecular weight excluding hydrogens is 1170 g/mol. The number of benzene rings is 6. The Morgan fingerprint density at radius 3 is 0.925 bits per heavy atom. The Hall–Kier alpha value is -9.48. The summed E-state index contributed by atoms with van der Waals surface area (Å²) in [7, 11) is 4.99. The maximum Gasteiger partial charge on any atom is 0.139 e. The van der Waals surface area contributed by atoms with Crippen molar-refractivity contribution in [2.24, 2.45) is 17.2 Å². The highest BCUT2D eigenvalue weighted by atomic mass is 16.5.